The van der Waals surface area contributed by atoms with Crippen molar-refractivity contribution in [1.82, 2.24) is 0 Å². The Labute approximate surface area is 273 Å². The molecule has 0 radical (unpaired) electrons. The van der Waals surface area contributed by atoms with E-state index in [1.165, 1.54) is 89.1 Å². The molecular formula is C39H29NS4. The van der Waals surface area contributed by atoms with Crippen LogP contribution in [0, 0.1) is 20.8 Å². The van der Waals surface area contributed by atoms with E-state index in [0.29, 0.717) is 0 Å². The standard InChI is InChI=1S/C39H29NS4/c1-20-4-6-23(7-5-20)30-12-14-32(41-30)34-18-25-16-28-22(3)37-29(21(2)36(28)38(25)43-34)17-26-19-35(44-39(26)37)33-15-13-31(42-33)24-8-10-27(40)11-9-24/h4-15,18-19H,16-17,40H2,1-3H3. The van der Waals surface area contributed by atoms with Crippen LogP contribution in [0.5, 0.6) is 0 Å². The highest BCUT2D eigenvalue weighted by Gasteiger charge is 2.34. The maximum absolute atomic E-state index is 5.92. The SMILES string of the molecule is Cc1ccc(-c2ccc(-c3cc4c(s3)-c3c(C)c5c(c(C)c3C4)-c3sc(-c4ccc(-c6ccc(N)cc6)s4)cc3C5)s2)cc1. The number of hydrogen-bond donors (Lipinski definition) is 1. The molecule has 0 aliphatic heterocycles. The molecule has 2 aliphatic rings. The van der Waals surface area contributed by atoms with Gasteiger partial charge in [-0.3, -0.25) is 0 Å². The number of nitrogens with two attached hydrogens (primary N) is 1. The van der Waals surface area contributed by atoms with Crippen molar-refractivity contribution in [1.29, 1.82) is 0 Å². The minimum atomic E-state index is 0.807. The van der Waals surface area contributed by atoms with Gasteiger partial charge in [-0.05, 0) is 138 Å². The van der Waals surface area contributed by atoms with Crippen LogP contribution in [0.3, 0.4) is 0 Å². The van der Waals surface area contributed by atoms with Crippen LogP contribution in [0.2, 0.25) is 0 Å². The summed E-state index contributed by atoms with van der Waals surface area (Å²) < 4.78 is 0. The number of rotatable bonds is 4. The van der Waals surface area contributed by atoms with Crippen LogP contribution in [0.1, 0.15) is 38.9 Å². The molecule has 0 fully saturated rings. The Morgan fingerprint density at radius 3 is 1.39 bits per heavy atom. The van der Waals surface area contributed by atoms with Gasteiger partial charge < -0.3 is 5.73 Å². The Morgan fingerprint density at radius 2 is 0.909 bits per heavy atom. The molecule has 1 nitrogen and oxygen atoms in total. The first-order valence-corrected chi connectivity index (χ1v) is 18.2. The van der Waals surface area contributed by atoms with Crippen molar-refractivity contribution < 1.29 is 0 Å². The third-order valence-electron chi connectivity index (χ3n) is 9.29. The topological polar surface area (TPSA) is 26.0 Å². The van der Waals surface area contributed by atoms with E-state index >= 15 is 0 Å². The van der Waals surface area contributed by atoms with Crippen molar-refractivity contribution in [2.24, 2.45) is 0 Å². The van der Waals surface area contributed by atoms with E-state index in [2.05, 4.69) is 93.6 Å². The molecule has 0 spiro atoms. The lowest BCUT2D eigenvalue weighted by atomic mass is 9.90. The van der Waals surface area contributed by atoms with Crippen LogP contribution in [0.25, 0.3) is 61.3 Å². The highest BCUT2D eigenvalue weighted by molar-refractivity contribution is 7.26. The third kappa shape index (κ3) is 4.07. The summed E-state index contributed by atoms with van der Waals surface area (Å²) in [5.41, 5.74) is 22.7. The lowest BCUT2D eigenvalue weighted by Crippen LogP contribution is -1.97. The summed E-state index contributed by atoms with van der Waals surface area (Å²) in [6, 6.07) is 31.2. The van der Waals surface area contributed by atoms with Gasteiger partial charge in [0.05, 0.1) is 0 Å². The van der Waals surface area contributed by atoms with Crippen LogP contribution < -0.4 is 5.73 Å². The van der Waals surface area contributed by atoms with Gasteiger partial charge in [0.2, 0.25) is 0 Å². The fraction of sp³-hybridized carbons (Fsp3) is 0.128. The fourth-order valence-electron chi connectivity index (χ4n) is 6.97. The maximum atomic E-state index is 5.92. The van der Waals surface area contributed by atoms with Crippen molar-refractivity contribution in [3.63, 3.8) is 0 Å². The summed E-state index contributed by atoms with van der Waals surface area (Å²) in [7, 11) is 0. The number of aryl methyl sites for hydroxylation is 1. The normalized spacial score (nSPS) is 12.8. The average Bonchev–Trinajstić information content (AvgIpc) is 3.85. The monoisotopic (exact) mass is 639 g/mol. The van der Waals surface area contributed by atoms with Gasteiger partial charge in [-0.2, -0.15) is 0 Å². The largest absolute Gasteiger partial charge is 0.399 e. The number of fused-ring (bicyclic) bond motifs is 6. The molecule has 4 aromatic heterocycles. The van der Waals surface area contributed by atoms with Gasteiger partial charge in [-0.15, -0.1) is 45.3 Å². The van der Waals surface area contributed by atoms with Crippen molar-refractivity contribution >= 4 is 51.0 Å². The number of nitrogen functional groups attached to an aromatic ring is 1. The van der Waals surface area contributed by atoms with E-state index in [9.17, 15) is 0 Å². The van der Waals surface area contributed by atoms with E-state index in [1.54, 1.807) is 11.1 Å². The predicted molar refractivity (Wildman–Crippen MR) is 195 cm³/mol. The van der Waals surface area contributed by atoms with E-state index in [0.717, 1.165) is 18.5 Å². The van der Waals surface area contributed by atoms with Crippen molar-refractivity contribution in [3.05, 3.63) is 124 Å². The molecule has 0 saturated heterocycles. The number of anilines is 1. The highest BCUT2D eigenvalue weighted by atomic mass is 32.1. The van der Waals surface area contributed by atoms with Gasteiger partial charge in [0, 0.05) is 44.7 Å². The smallest absolute Gasteiger partial charge is 0.0452 e. The Balaban J connectivity index is 1.05. The van der Waals surface area contributed by atoms with Crippen LogP contribution in [0.15, 0.2) is 84.9 Å². The second kappa shape index (κ2) is 9.88. The number of benzene rings is 3. The third-order valence-corrected chi connectivity index (χ3v) is 14.3. The molecule has 0 amide bonds. The molecule has 5 heteroatoms. The number of thiophene rings is 4. The molecule has 9 rings (SSSR count). The number of hydrogen-bond acceptors (Lipinski definition) is 5. The Morgan fingerprint density at radius 1 is 0.477 bits per heavy atom. The van der Waals surface area contributed by atoms with E-state index in [-0.39, 0.29) is 0 Å². The zero-order valence-electron chi connectivity index (χ0n) is 24.7. The van der Waals surface area contributed by atoms with Crippen LogP contribution in [-0.2, 0) is 12.8 Å². The quantitative estimate of drug-likeness (QED) is 0.191. The summed E-state index contributed by atoms with van der Waals surface area (Å²) >= 11 is 7.76. The summed E-state index contributed by atoms with van der Waals surface area (Å²) in [6.45, 7) is 6.90. The summed E-state index contributed by atoms with van der Waals surface area (Å²) in [6.07, 6.45) is 2.08. The van der Waals surface area contributed by atoms with E-state index < -0.39 is 0 Å². The first-order chi connectivity index (χ1) is 21.4. The van der Waals surface area contributed by atoms with Crippen molar-refractivity contribution in [2.75, 3.05) is 5.73 Å². The summed E-state index contributed by atoms with van der Waals surface area (Å²) in [5, 5.41) is 0. The summed E-state index contributed by atoms with van der Waals surface area (Å²) in [4.78, 5) is 11.1. The van der Waals surface area contributed by atoms with Gasteiger partial charge in [0.15, 0.2) is 0 Å². The lowest BCUT2D eigenvalue weighted by molar-refractivity contribution is 1.17. The molecule has 0 bridgehead atoms. The molecule has 0 saturated carbocycles. The molecule has 0 atom stereocenters. The summed E-state index contributed by atoms with van der Waals surface area (Å²) in [5.74, 6) is 0. The van der Waals surface area contributed by atoms with Gasteiger partial charge >= 0.3 is 0 Å². The van der Waals surface area contributed by atoms with E-state index in [4.69, 9.17) is 5.73 Å². The first-order valence-electron chi connectivity index (χ1n) is 15.0. The van der Waals surface area contributed by atoms with Gasteiger partial charge in [0.1, 0.15) is 0 Å². The average molecular weight is 640 g/mol. The molecule has 3 aromatic carbocycles. The van der Waals surface area contributed by atoms with Crippen molar-refractivity contribution in [3.8, 4) is 61.3 Å². The highest BCUT2D eigenvalue weighted by Crippen LogP contribution is 2.56. The van der Waals surface area contributed by atoms with Gasteiger partial charge in [-0.25, -0.2) is 0 Å². The minimum absolute atomic E-state index is 0.807. The Kier molecular flexibility index (Phi) is 5.98. The fourth-order valence-corrected chi connectivity index (χ4v) is 11.8. The van der Waals surface area contributed by atoms with Crippen LogP contribution >= 0.6 is 45.3 Å². The molecule has 2 N–H and O–H groups in total. The van der Waals surface area contributed by atoms with Crippen LogP contribution in [-0.4, -0.2) is 0 Å². The Hall–Kier alpha value is -3.74. The molecule has 4 heterocycles. The zero-order valence-corrected chi connectivity index (χ0v) is 28.0. The molecule has 214 valence electrons. The van der Waals surface area contributed by atoms with Crippen molar-refractivity contribution in [2.45, 2.75) is 33.6 Å². The van der Waals surface area contributed by atoms with E-state index in [1.807, 2.05) is 57.5 Å². The predicted octanol–water partition coefficient (Wildman–Crippen LogP) is 12.3. The van der Waals surface area contributed by atoms with Gasteiger partial charge in [0.25, 0.3) is 0 Å². The second-order valence-corrected chi connectivity index (χ2v) is 16.3. The maximum Gasteiger partial charge on any atom is 0.0452 e. The minimum Gasteiger partial charge on any atom is -0.399 e. The molecule has 7 aromatic rings. The molecule has 2 aliphatic carbocycles. The molecule has 0 unspecified atom stereocenters. The first kappa shape index (κ1) is 26.6. The zero-order chi connectivity index (χ0) is 29.7. The van der Waals surface area contributed by atoms with Crippen LogP contribution in [0.4, 0.5) is 5.69 Å². The second-order valence-electron chi connectivity index (χ2n) is 12.1. The molecule has 44 heavy (non-hydrogen) atoms. The molecular weight excluding hydrogens is 611 g/mol. The van der Waals surface area contributed by atoms with Gasteiger partial charge in [-0.1, -0.05) is 42.0 Å². The lowest BCUT2D eigenvalue weighted by Gasteiger charge is -2.16. The Bertz CT molecular complexity index is 2090.